The number of carbonyl (C=O) groups is 1. The SMILES string of the molecule is COc1ccc([N+](=O)[O-])cc1OC(=O)/C=C/c1c(C)nn(CC(C)C)c1Cl. The van der Waals surface area contributed by atoms with Crippen LogP contribution in [0.5, 0.6) is 11.5 Å². The molecule has 144 valence electrons. The first kappa shape index (κ1) is 20.4. The highest BCUT2D eigenvalue weighted by atomic mass is 35.5. The van der Waals surface area contributed by atoms with Crippen molar-refractivity contribution in [3.63, 3.8) is 0 Å². The van der Waals surface area contributed by atoms with Crippen LogP contribution in [0.25, 0.3) is 6.08 Å². The number of aryl methyl sites for hydroxylation is 1. The quantitative estimate of drug-likeness (QED) is 0.231. The van der Waals surface area contributed by atoms with E-state index >= 15 is 0 Å². The van der Waals surface area contributed by atoms with Crippen LogP contribution in [0.2, 0.25) is 5.15 Å². The first-order valence-electron chi connectivity index (χ1n) is 8.18. The van der Waals surface area contributed by atoms with E-state index in [1.165, 1.54) is 31.4 Å². The summed E-state index contributed by atoms with van der Waals surface area (Å²) in [5.74, 6) is -0.188. The van der Waals surface area contributed by atoms with Crippen LogP contribution in [0.4, 0.5) is 5.69 Å². The highest BCUT2D eigenvalue weighted by molar-refractivity contribution is 6.31. The van der Waals surface area contributed by atoms with E-state index in [1.54, 1.807) is 11.6 Å². The fraction of sp³-hybridized carbons (Fsp3) is 0.333. The molecule has 0 radical (unpaired) electrons. The fourth-order valence-electron chi connectivity index (χ4n) is 2.38. The predicted octanol–water partition coefficient (Wildman–Crippen LogP) is 4.04. The molecule has 0 spiro atoms. The van der Waals surface area contributed by atoms with Crippen molar-refractivity contribution in [3.05, 3.63) is 50.8 Å². The number of nitro groups is 1. The summed E-state index contributed by atoms with van der Waals surface area (Å²) in [6, 6.07) is 3.75. The zero-order valence-electron chi connectivity index (χ0n) is 15.4. The minimum Gasteiger partial charge on any atom is -0.493 e. The predicted molar refractivity (Wildman–Crippen MR) is 101 cm³/mol. The third-order valence-electron chi connectivity index (χ3n) is 3.60. The van der Waals surface area contributed by atoms with Gasteiger partial charge >= 0.3 is 5.97 Å². The summed E-state index contributed by atoms with van der Waals surface area (Å²) in [6.07, 6.45) is 2.70. The Morgan fingerprint density at radius 2 is 2.11 bits per heavy atom. The smallest absolute Gasteiger partial charge is 0.336 e. The molecule has 0 fully saturated rings. The van der Waals surface area contributed by atoms with Crippen LogP contribution >= 0.6 is 11.6 Å². The summed E-state index contributed by atoms with van der Waals surface area (Å²) >= 11 is 6.32. The number of aromatic nitrogens is 2. The Morgan fingerprint density at radius 3 is 2.70 bits per heavy atom. The molecule has 1 heterocycles. The Morgan fingerprint density at radius 1 is 1.41 bits per heavy atom. The summed E-state index contributed by atoms with van der Waals surface area (Å²) in [6.45, 7) is 6.54. The number of methoxy groups -OCH3 is 1. The zero-order chi connectivity index (χ0) is 20.1. The lowest BCUT2D eigenvalue weighted by molar-refractivity contribution is -0.384. The van der Waals surface area contributed by atoms with Crippen LogP contribution < -0.4 is 9.47 Å². The van der Waals surface area contributed by atoms with Gasteiger partial charge in [-0.25, -0.2) is 4.79 Å². The Bertz CT molecular complexity index is 889. The molecule has 1 aromatic carbocycles. The Hall–Kier alpha value is -2.87. The maximum absolute atomic E-state index is 12.1. The molecule has 0 N–H and O–H groups in total. The molecule has 8 nitrogen and oxygen atoms in total. The Balaban J connectivity index is 2.20. The van der Waals surface area contributed by atoms with Gasteiger partial charge in [0.2, 0.25) is 0 Å². The Labute approximate surface area is 161 Å². The van der Waals surface area contributed by atoms with Crippen molar-refractivity contribution in [2.24, 2.45) is 5.92 Å². The standard InChI is InChI=1S/C18H20ClN3O5/c1-11(2)10-21-18(19)14(12(3)20-21)6-8-17(23)27-16-9-13(22(24)25)5-7-15(16)26-4/h5-9,11H,10H2,1-4H3/b8-6+. The molecular weight excluding hydrogens is 374 g/mol. The summed E-state index contributed by atoms with van der Waals surface area (Å²) < 4.78 is 11.9. The number of esters is 1. The van der Waals surface area contributed by atoms with Crippen molar-refractivity contribution >= 4 is 29.3 Å². The molecule has 2 rings (SSSR count). The maximum Gasteiger partial charge on any atom is 0.336 e. The zero-order valence-corrected chi connectivity index (χ0v) is 16.2. The van der Waals surface area contributed by atoms with E-state index in [1.807, 2.05) is 13.8 Å². The van der Waals surface area contributed by atoms with Crippen molar-refractivity contribution in [2.45, 2.75) is 27.3 Å². The molecule has 0 saturated carbocycles. The summed E-state index contributed by atoms with van der Waals surface area (Å²) in [7, 11) is 1.38. The second kappa shape index (κ2) is 8.68. The van der Waals surface area contributed by atoms with Crippen molar-refractivity contribution in [3.8, 4) is 11.5 Å². The highest BCUT2D eigenvalue weighted by Crippen LogP contribution is 2.31. The second-order valence-corrected chi connectivity index (χ2v) is 6.57. The molecule has 9 heteroatoms. The third-order valence-corrected chi connectivity index (χ3v) is 4.00. The number of halogens is 1. The topological polar surface area (TPSA) is 96.5 Å². The molecule has 0 bridgehead atoms. The van der Waals surface area contributed by atoms with Crippen molar-refractivity contribution in [1.29, 1.82) is 0 Å². The number of ether oxygens (including phenoxy) is 2. The van der Waals surface area contributed by atoms with Crippen molar-refractivity contribution in [2.75, 3.05) is 7.11 Å². The lowest BCUT2D eigenvalue weighted by Crippen LogP contribution is -2.06. The first-order valence-corrected chi connectivity index (χ1v) is 8.56. The van der Waals surface area contributed by atoms with Gasteiger partial charge in [-0.05, 0) is 25.0 Å². The molecule has 0 atom stereocenters. The number of nitrogens with zero attached hydrogens (tertiary/aromatic N) is 3. The lowest BCUT2D eigenvalue weighted by atomic mass is 10.2. The lowest BCUT2D eigenvalue weighted by Gasteiger charge is -2.07. The molecule has 2 aromatic rings. The van der Waals surface area contributed by atoms with Gasteiger partial charge in [0.1, 0.15) is 5.15 Å². The summed E-state index contributed by atoms with van der Waals surface area (Å²) in [4.78, 5) is 22.4. The van der Waals surface area contributed by atoms with Crippen LogP contribution in [0, 0.1) is 23.0 Å². The normalized spacial score (nSPS) is 11.2. The average molecular weight is 394 g/mol. The van der Waals surface area contributed by atoms with E-state index < -0.39 is 10.9 Å². The summed E-state index contributed by atoms with van der Waals surface area (Å²) in [5, 5.41) is 15.7. The molecule has 27 heavy (non-hydrogen) atoms. The van der Waals surface area contributed by atoms with Gasteiger partial charge in [0.25, 0.3) is 5.69 Å². The van der Waals surface area contributed by atoms with E-state index in [0.717, 1.165) is 6.07 Å². The number of benzene rings is 1. The van der Waals surface area contributed by atoms with Gasteiger partial charge in [0.15, 0.2) is 11.5 Å². The van der Waals surface area contributed by atoms with Gasteiger partial charge in [-0.15, -0.1) is 0 Å². The molecule has 0 amide bonds. The van der Waals surface area contributed by atoms with Crippen LogP contribution in [0.1, 0.15) is 25.1 Å². The number of nitro benzene ring substituents is 1. The second-order valence-electron chi connectivity index (χ2n) is 6.21. The van der Waals surface area contributed by atoms with Crippen molar-refractivity contribution < 1.29 is 19.2 Å². The van der Waals surface area contributed by atoms with Gasteiger partial charge < -0.3 is 9.47 Å². The number of hydrogen-bond acceptors (Lipinski definition) is 6. The molecule has 0 aliphatic rings. The third kappa shape index (κ3) is 5.07. The van der Waals surface area contributed by atoms with Gasteiger partial charge in [0, 0.05) is 24.3 Å². The van der Waals surface area contributed by atoms with Gasteiger partial charge in [0.05, 0.1) is 23.8 Å². The number of non-ortho nitro benzene ring substituents is 1. The molecular formula is C18H20ClN3O5. The summed E-state index contributed by atoms with van der Waals surface area (Å²) in [5.41, 5.74) is 1.08. The average Bonchev–Trinajstić information content (AvgIpc) is 2.85. The van der Waals surface area contributed by atoms with E-state index in [2.05, 4.69) is 5.10 Å². The van der Waals surface area contributed by atoms with E-state index in [-0.39, 0.29) is 17.2 Å². The molecule has 0 unspecified atom stereocenters. The van der Waals surface area contributed by atoms with E-state index in [4.69, 9.17) is 21.1 Å². The van der Waals surface area contributed by atoms with E-state index in [9.17, 15) is 14.9 Å². The van der Waals surface area contributed by atoms with Gasteiger partial charge in [-0.1, -0.05) is 25.4 Å². The van der Waals surface area contributed by atoms with Gasteiger partial charge in [-0.3, -0.25) is 14.8 Å². The van der Waals surface area contributed by atoms with Crippen molar-refractivity contribution in [1.82, 2.24) is 9.78 Å². The molecule has 0 saturated heterocycles. The van der Waals surface area contributed by atoms with Crippen LogP contribution in [-0.4, -0.2) is 27.8 Å². The number of carbonyl (C=O) groups excluding carboxylic acids is 1. The van der Waals surface area contributed by atoms with Gasteiger partial charge in [-0.2, -0.15) is 5.10 Å². The molecule has 1 aromatic heterocycles. The first-order chi connectivity index (χ1) is 12.7. The number of hydrogen-bond donors (Lipinski definition) is 0. The Kier molecular flexibility index (Phi) is 6.57. The molecule has 0 aliphatic heterocycles. The maximum atomic E-state index is 12.1. The highest BCUT2D eigenvalue weighted by Gasteiger charge is 2.16. The fourth-order valence-corrected chi connectivity index (χ4v) is 2.68. The minimum atomic E-state index is -0.721. The van der Waals surface area contributed by atoms with E-state index in [0.29, 0.717) is 28.9 Å². The van der Waals surface area contributed by atoms with Crippen LogP contribution in [-0.2, 0) is 11.3 Å². The monoisotopic (exact) mass is 393 g/mol. The van der Waals surface area contributed by atoms with Crippen LogP contribution in [0.15, 0.2) is 24.3 Å². The minimum absolute atomic E-state index is 0.0420. The largest absolute Gasteiger partial charge is 0.493 e. The number of rotatable bonds is 7. The van der Waals surface area contributed by atoms with Crippen LogP contribution in [0.3, 0.4) is 0 Å². The molecule has 0 aliphatic carbocycles.